The Balaban J connectivity index is 1.26. The number of piperidine rings is 1. The summed E-state index contributed by atoms with van der Waals surface area (Å²) >= 11 is 0. The predicted octanol–water partition coefficient (Wildman–Crippen LogP) is 3.91. The lowest BCUT2D eigenvalue weighted by Crippen LogP contribution is -2.41. The molecule has 0 aliphatic carbocycles. The topological polar surface area (TPSA) is 61.4 Å². The van der Waals surface area contributed by atoms with Gasteiger partial charge in [0.2, 0.25) is 5.91 Å². The van der Waals surface area contributed by atoms with Gasteiger partial charge in [-0.05, 0) is 69.6 Å². The summed E-state index contributed by atoms with van der Waals surface area (Å²) in [4.78, 5) is 26.6. The van der Waals surface area contributed by atoms with Gasteiger partial charge in [0.15, 0.2) is 0 Å². The number of aromatic nitrogens is 2. The Kier molecular flexibility index (Phi) is 7.16. The zero-order valence-electron chi connectivity index (χ0n) is 19.3. The number of nitrogens with one attached hydrogen (secondary N) is 1. The molecule has 6 nitrogen and oxygen atoms in total. The van der Waals surface area contributed by atoms with E-state index in [1.807, 2.05) is 12.4 Å². The van der Waals surface area contributed by atoms with Crippen molar-refractivity contribution in [3.05, 3.63) is 53.9 Å². The number of rotatable bonds is 6. The molecule has 0 bridgehead atoms. The van der Waals surface area contributed by atoms with Gasteiger partial charge in [0.1, 0.15) is 11.6 Å². The third kappa shape index (κ3) is 5.51. The van der Waals surface area contributed by atoms with Crippen LogP contribution in [0, 0.1) is 17.7 Å². The number of nitrogens with zero attached hydrogens (tertiary/aromatic N) is 4. The molecule has 4 rings (SSSR count). The molecule has 1 amide bonds. The molecule has 172 valence electrons. The normalized spacial score (nSPS) is 23.0. The quantitative estimate of drug-likeness (QED) is 0.740. The zero-order chi connectivity index (χ0) is 22.7. The molecule has 0 saturated carbocycles. The van der Waals surface area contributed by atoms with Gasteiger partial charge in [0.25, 0.3) is 0 Å². The van der Waals surface area contributed by atoms with Gasteiger partial charge in [-0.25, -0.2) is 14.4 Å². The standard InChI is InChI=1S/C25H34FN5O/c1-17(2)24-27-13-18(14-28-24)15-31-10-8-19(9-11-31)23-12-20(16-30(23)3)25(32)29-22-6-4-21(26)5-7-22/h4-7,13-14,17,19-20,23H,8-12,15-16H2,1-3H3,(H,29,32)/t20-,23-/m0/s1. The van der Waals surface area contributed by atoms with Crippen LogP contribution in [0.15, 0.2) is 36.7 Å². The summed E-state index contributed by atoms with van der Waals surface area (Å²) in [6, 6.07) is 6.41. The van der Waals surface area contributed by atoms with E-state index >= 15 is 0 Å². The first-order valence-electron chi connectivity index (χ1n) is 11.7. The van der Waals surface area contributed by atoms with Crippen LogP contribution < -0.4 is 5.32 Å². The SMILES string of the molecule is CC(C)c1ncc(CN2CCC([C@@H]3C[C@H](C(=O)Nc4ccc(F)cc4)CN3C)CC2)cn1. The van der Waals surface area contributed by atoms with Gasteiger partial charge in [-0.15, -0.1) is 0 Å². The molecule has 7 heteroatoms. The molecule has 0 spiro atoms. The van der Waals surface area contributed by atoms with Gasteiger partial charge in [0.05, 0.1) is 5.92 Å². The van der Waals surface area contributed by atoms with Crippen LogP contribution in [0.5, 0.6) is 0 Å². The van der Waals surface area contributed by atoms with E-state index in [0.29, 0.717) is 23.6 Å². The van der Waals surface area contributed by atoms with Crippen molar-refractivity contribution in [1.82, 2.24) is 19.8 Å². The van der Waals surface area contributed by atoms with Crippen molar-refractivity contribution in [3.8, 4) is 0 Å². The van der Waals surface area contributed by atoms with Crippen molar-refractivity contribution in [1.29, 1.82) is 0 Å². The Hall–Kier alpha value is -2.38. The summed E-state index contributed by atoms with van der Waals surface area (Å²) in [5, 5.41) is 2.95. The van der Waals surface area contributed by atoms with Gasteiger partial charge in [-0.1, -0.05) is 13.8 Å². The van der Waals surface area contributed by atoms with E-state index in [1.54, 1.807) is 12.1 Å². The van der Waals surface area contributed by atoms with E-state index in [1.165, 1.54) is 17.7 Å². The summed E-state index contributed by atoms with van der Waals surface area (Å²) in [7, 11) is 2.13. The van der Waals surface area contributed by atoms with Crippen LogP contribution in [0.4, 0.5) is 10.1 Å². The average molecular weight is 440 g/mol. The summed E-state index contributed by atoms with van der Waals surface area (Å²) in [5.41, 5.74) is 1.82. The third-order valence-corrected chi connectivity index (χ3v) is 6.91. The largest absolute Gasteiger partial charge is 0.326 e. The first kappa shape index (κ1) is 22.8. The molecular formula is C25H34FN5O. The summed E-state index contributed by atoms with van der Waals surface area (Å²) in [5.74, 6) is 1.58. The van der Waals surface area contributed by atoms with Crippen LogP contribution in [-0.2, 0) is 11.3 Å². The average Bonchev–Trinajstić information content (AvgIpc) is 3.18. The lowest BCUT2D eigenvalue weighted by molar-refractivity contribution is -0.119. The smallest absolute Gasteiger partial charge is 0.228 e. The van der Waals surface area contributed by atoms with Gasteiger partial charge >= 0.3 is 0 Å². The van der Waals surface area contributed by atoms with E-state index in [2.05, 4.69) is 46.0 Å². The lowest BCUT2D eigenvalue weighted by atomic mass is 9.86. The van der Waals surface area contributed by atoms with Crippen LogP contribution in [-0.4, -0.2) is 58.4 Å². The number of anilines is 1. The molecule has 2 saturated heterocycles. The molecule has 0 radical (unpaired) electrons. The number of benzene rings is 1. The highest BCUT2D eigenvalue weighted by atomic mass is 19.1. The number of halogens is 1. The lowest BCUT2D eigenvalue weighted by Gasteiger charge is -2.37. The summed E-state index contributed by atoms with van der Waals surface area (Å²) < 4.78 is 13.1. The highest BCUT2D eigenvalue weighted by Gasteiger charge is 2.39. The van der Waals surface area contributed by atoms with Gasteiger partial charge in [-0.3, -0.25) is 9.69 Å². The summed E-state index contributed by atoms with van der Waals surface area (Å²) in [6.45, 7) is 8.01. The molecular weight excluding hydrogens is 405 g/mol. The molecule has 2 aromatic rings. The second-order valence-corrected chi connectivity index (χ2v) is 9.65. The number of hydrogen-bond donors (Lipinski definition) is 1. The van der Waals surface area contributed by atoms with E-state index in [9.17, 15) is 9.18 Å². The van der Waals surface area contributed by atoms with Gasteiger partial charge in [-0.2, -0.15) is 0 Å². The third-order valence-electron chi connectivity index (χ3n) is 6.91. The van der Waals surface area contributed by atoms with Gasteiger partial charge < -0.3 is 10.2 Å². The Morgan fingerprint density at radius 1 is 1.16 bits per heavy atom. The van der Waals surface area contributed by atoms with Crippen LogP contribution in [0.25, 0.3) is 0 Å². The Morgan fingerprint density at radius 2 is 1.81 bits per heavy atom. The van der Waals surface area contributed by atoms with Crippen molar-refractivity contribution in [3.63, 3.8) is 0 Å². The first-order valence-corrected chi connectivity index (χ1v) is 11.7. The zero-order valence-corrected chi connectivity index (χ0v) is 19.3. The molecule has 2 aliphatic rings. The molecule has 1 N–H and O–H groups in total. The second kappa shape index (κ2) is 10.0. The number of hydrogen-bond acceptors (Lipinski definition) is 5. The maximum Gasteiger partial charge on any atom is 0.228 e. The fourth-order valence-corrected chi connectivity index (χ4v) is 5.05. The van der Waals surface area contributed by atoms with Gasteiger partial charge in [0, 0.05) is 48.7 Å². The molecule has 0 unspecified atom stereocenters. The molecule has 3 heterocycles. The van der Waals surface area contributed by atoms with E-state index in [-0.39, 0.29) is 17.6 Å². The summed E-state index contributed by atoms with van der Waals surface area (Å²) in [6.07, 6.45) is 7.10. The predicted molar refractivity (Wildman–Crippen MR) is 124 cm³/mol. The van der Waals surface area contributed by atoms with E-state index in [4.69, 9.17) is 0 Å². The monoisotopic (exact) mass is 439 g/mol. The molecule has 1 aromatic carbocycles. The van der Waals surface area contributed by atoms with Crippen molar-refractivity contribution in [2.45, 2.75) is 51.6 Å². The Morgan fingerprint density at radius 3 is 2.44 bits per heavy atom. The molecule has 2 fully saturated rings. The molecule has 1 aromatic heterocycles. The number of carbonyl (C=O) groups excluding carboxylic acids is 1. The number of amides is 1. The number of likely N-dealkylation sites (tertiary alicyclic amines) is 2. The molecule has 2 aliphatic heterocycles. The minimum absolute atomic E-state index is 0.0234. The highest BCUT2D eigenvalue weighted by Crippen LogP contribution is 2.33. The fraction of sp³-hybridized carbons (Fsp3) is 0.560. The first-order chi connectivity index (χ1) is 15.4. The van der Waals surface area contributed by atoms with E-state index in [0.717, 1.165) is 51.3 Å². The molecule has 2 atom stereocenters. The number of carbonyl (C=O) groups is 1. The molecule has 32 heavy (non-hydrogen) atoms. The Labute approximate surface area is 190 Å². The second-order valence-electron chi connectivity index (χ2n) is 9.65. The van der Waals surface area contributed by atoms with Crippen LogP contribution in [0.3, 0.4) is 0 Å². The Bertz CT molecular complexity index is 894. The van der Waals surface area contributed by atoms with Crippen molar-refractivity contribution in [2.75, 3.05) is 32.0 Å². The van der Waals surface area contributed by atoms with Crippen molar-refractivity contribution >= 4 is 11.6 Å². The van der Waals surface area contributed by atoms with Crippen LogP contribution >= 0.6 is 0 Å². The minimum atomic E-state index is -0.296. The maximum atomic E-state index is 13.1. The maximum absolute atomic E-state index is 13.1. The van der Waals surface area contributed by atoms with Crippen molar-refractivity contribution in [2.24, 2.45) is 11.8 Å². The van der Waals surface area contributed by atoms with E-state index < -0.39 is 0 Å². The highest BCUT2D eigenvalue weighted by molar-refractivity contribution is 5.92. The van der Waals surface area contributed by atoms with Crippen LogP contribution in [0.1, 0.15) is 50.4 Å². The van der Waals surface area contributed by atoms with Crippen molar-refractivity contribution < 1.29 is 9.18 Å². The fourth-order valence-electron chi connectivity index (χ4n) is 5.05. The minimum Gasteiger partial charge on any atom is -0.326 e. The van der Waals surface area contributed by atoms with Crippen LogP contribution in [0.2, 0.25) is 0 Å².